The van der Waals surface area contributed by atoms with Crippen molar-refractivity contribution in [2.24, 2.45) is 22.9 Å². The minimum atomic E-state index is -0.423. The van der Waals surface area contributed by atoms with E-state index in [-0.39, 0.29) is 37.7 Å². The molecule has 0 unspecified atom stereocenters. The van der Waals surface area contributed by atoms with E-state index in [4.69, 9.17) is 15.0 Å². The van der Waals surface area contributed by atoms with E-state index in [0.717, 1.165) is 37.0 Å². The van der Waals surface area contributed by atoms with Crippen molar-refractivity contribution in [1.82, 2.24) is 5.32 Å². The third kappa shape index (κ3) is 4.19. The Hall–Kier alpha value is -1.72. The molecule has 1 N–H and O–H groups in total. The van der Waals surface area contributed by atoms with E-state index in [9.17, 15) is 4.79 Å². The third-order valence-electron chi connectivity index (χ3n) is 7.18. The van der Waals surface area contributed by atoms with Crippen LogP contribution in [0, 0.1) is 17.8 Å². The van der Waals surface area contributed by atoms with E-state index < -0.39 is 6.04 Å². The van der Waals surface area contributed by atoms with Crippen LogP contribution in [0.25, 0.3) is 10.4 Å². The van der Waals surface area contributed by atoms with Gasteiger partial charge in [-0.1, -0.05) is 0 Å². The fourth-order valence-corrected chi connectivity index (χ4v) is 8.76. The normalized spacial score (nSPS) is 39.2. The molecule has 160 valence electrons. The predicted molar refractivity (Wildman–Crippen MR) is 113 cm³/mol. The summed E-state index contributed by atoms with van der Waals surface area (Å²) in [5.41, 5.74) is 8.86. The van der Waals surface area contributed by atoms with Gasteiger partial charge in [0.15, 0.2) is 0 Å². The van der Waals surface area contributed by atoms with Crippen LogP contribution in [0.4, 0.5) is 4.79 Å². The van der Waals surface area contributed by atoms with Gasteiger partial charge >= 0.3 is 183 Å². The summed E-state index contributed by atoms with van der Waals surface area (Å²) in [4.78, 5) is 16.0. The van der Waals surface area contributed by atoms with Crippen LogP contribution in [0.3, 0.4) is 0 Å². The van der Waals surface area contributed by atoms with Crippen LogP contribution < -0.4 is 9.78 Å². The van der Waals surface area contributed by atoms with Crippen LogP contribution in [0.2, 0.25) is 0 Å². The molecular weight excluding hydrogens is 447 g/mol. The summed E-state index contributed by atoms with van der Waals surface area (Å²) < 4.78 is 13.3. The van der Waals surface area contributed by atoms with Gasteiger partial charge in [0.2, 0.25) is 0 Å². The Morgan fingerprint density at radius 1 is 1.17 bits per heavy atom. The molecule has 1 heterocycles. The van der Waals surface area contributed by atoms with Crippen molar-refractivity contribution in [1.29, 1.82) is 0 Å². The zero-order chi connectivity index (χ0) is 20.6. The average Bonchev–Trinajstić information content (AvgIpc) is 2.70. The van der Waals surface area contributed by atoms with Crippen molar-refractivity contribution < 1.29 is 14.3 Å². The number of alkyl carbamates (subject to hydrolysis) is 1. The van der Waals surface area contributed by atoms with Crippen molar-refractivity contribution in [3.8, 4) is 0 Å². The van der Waals surface area contributed by atoms with Crippen LogP contribution in [-0.4, -0.2) is 50.3 Å². The molecule has 1 aromatic carbocycles. The molecule has 1 saturated heterocycles. The van der Waals surface area contributed by atoms with Gasteiger partial charge in [-0.3, -0.25) is 0 Å². The second-order valence-electron chi connectivity index (χ2n) is 9.40. The molecule has 3 atom stereocenters. The average molecular weight is 475 g/mol. The SMILES string of the molecule is [N-]=[N+]=N[C@H]1[C@@H](NC(=O)OC23CC4CC(CC(C4)C2)C3)CCO[C@@H]1[Se]c1ccccc1. The number of rotatable bonds is 5. The Morgan fingerprint density at radius 3 is 2.47 bits per heavy atom. The number of benzene rings is 1. The van der Waals surface area contributed by atoms with Gasteiger partial charge in [-0.05, 0) is 0 Å². The minimum absolute atomic E-state index is 0.00963. The number of carbonyl (C=O) groups excluding carboxylic acids is 1. The quantitative estimate of drug-likeness (QED) is 0.306. The predicted octanol–water partition coefficient (Wildman–Crippen LogP) is 3.51. The fraction of sp³-hybridized carbons (Fsp3) is 0.682. The molecule has 4 bridgehead atoms. The molecule has 30 heavy (non-hydrogen) atoms. The van der Waals surface area contributed by atoms with Crippen molar-refractivity contribution in [2.45, 2.75) is 67.6 Å². The molecule has 4 aliphatic carbocycles. The fourth-order valence-electron chi connectivity index (χ4n) is 6.39. The number of azide groups is 1. The summed E-state index contributed by atoms with van der Waals surface area (Å²) in [6.07, 6.45) is 7.25. The Labute approximate surface area is 183 Å². The Kier molecular flexibility index (Phi) is 5.67. The van der Waals surface area contributed by atoms with Crippen LogP contribution in [0.5, 0.6) is 0 Å². The Balaban J connectivity index is 1.25. The first-order valence-corrected chi connectivity index (χ1v) is 12.8. The van der Waals surface area contributed by atoms with Gasteiger partial charge in [0, 0.05) is 0 Å². The third-order valence-corrected chi connectivity index (χ3v) is 9.68. The van der Waals surface area contributed by atoms with Crippen molar-refractivity contribution in [3.05, 3.63) is 40.8 Å². The van der Waals surface area contributed by atoms with Crippen LogP contribution >= 0.6 is 0 Å². The van der Waals surface area contributed by atoms with E-state index in [1.54, 1.807) is 0 Å². The number of hydrogen-bond donors (Lipinski definition) is 1. The van der Waals surface area contributed by atoms with Gasteiger partial charge in [0.05, 0.1) is 0 Å². The zero-order valence-corrected chi connectivity index (χ0v) is 18.7. The molecule has 8 heteroatoms. The van der Waals surface area contributed by atoms with Gasteiger partial charge < -0.3 is 0 Å². The number of ether oxygens (including phenoxy) is 2. The molecule has 7 nitrogen and oxygen atoms in total. The number of nitrogens with zero attached hydrogens (tertiary/aromatic N) is 3. The summed E-state index contributed by atoms with van der Waals surface area (Å²) in [6.45, 7) is 0.541. The summed E-state index contributed by atoms with van der Waals surface area (Å²) in [5.74, 6) is 2.17. The maximum atomic E-state index is 12.9. The second-order valence-corrected chi connectivity index (χ2v) is 11.9. The van der Waals surface area contributed by atoms with Gasteiger partial charge in [-0.15, -0.1) is 0 Å². The number of amides is 1. The summed E-state index contributed by atoms with van der Waals surface area (Å²) >= 11 is -0.00963. The molecule has 0 aromatic heterocycles. The van der Waals surface area contributed by atoms with E-state index in [2.05, 4.69) is 27.5 Å². The van der Waals surface area contributed by atoms with Crippen molar-refractivity contribution >= 4 is 25.5 Å². The van der Waals surface area contributed by atoms with Crippen molar-refractivity contribution in [3.63, 3.8) is 0 Å². The van der Waals surface area contributed by atoms with E-state index in [0.29, 0.717) is 13.0 Å². The van der Waals surface area contributed by atoms with Crippen LogP contribution in [0.1, 0.15) is 44.9 Å². The molecule has 5 fully saturated rings. The number of hydrogen-bond acceptors (Lipinski definition) is 4. The molecule has 0 spiro atoms. The second kappa shape index (κ2) is 8.43. The van der Waals surface area contributed by atoms with Gasteiger partial charge in [-0.25, -0.2) is 0 Å². The molecule has 1 aromatic rings. The Morgan fingerprint density at radius 2 is 1.83 bits per heavy atom. The van der Waals surface area contributed by atoms with Gasteiger partial charge in [-0.2, -0.15) is 0 Å². The van der Waals surface area contributed by atoms with Crippen LogP contribution in [0.15, 0.2) is 35.4 Å². The molecule has 1 amide bonds. The molecule has 0 radical (unpaired) electrons. The monoisotopic (exact) mass is 476 g/mol. The van der Waals surface area contributed by atoms with Gasteiger partial charge in [0.1, 0.15) is 0 Å². The first kappa shape index (κ1) is 20.2. The van der Waals surface area contributed by atoms with E-state index >= 15 is 0 Å². The van der Waals surface area contributed by atoms with Gasteiger partial charge in [0.25, 0.3) is 0 Å². The summed E-state index contributed by atoms with van der Waals surface area (Å²) in [7, 11) is 0. The van der Waals surface area contributed by atoms with E-state index in [1.807, 2.05) is 18.2 Å². The maximum absolute atomic E-state index is 12.9. The summed E-state index contributed by atoms with van der Waals surface area (Å²) in [6, 6.07) is 9.43. The first-order valence-electron chi connectivity index (χ1n) is 11.0. The molecule has 1 aliphatic heterocycles. The molecule has 6 rings (SSSR count). The zero-order valence-electron chi connectivity index (χ0n) is 17.0. The molecule has 5 aliphatic rings. The topological polar surface area (TPSA) is 96.3 Å². The summed E-state index contributed by atoms with van der Waals surface area (Å²) in [5, 5.41) is 6.87. The molecule has 4 saturated carbocycles. The first-order chi connectivity index (χ1) is 14.6. The standard InChI is InChI=1S/C22H28N4O3Se/c23-26-25-19-18(6-7-28-20(19)30-17-4-2-1-3-5-17)24-21(27)29-22-11-14-8-15(12-22)10-16(9-14)13-22/h1-5,14-16,18-20H,6-13H2,(H,24,27)/t14?,15?,16?,18-,19-,20+,22?/m0/s1. The van der Waals surface area contributed by atoms with Crippen molar-refractivity contribution in [2.75, 3.05) is 6.61 Å². The van der Waals surface area contributed by atoms with E-state index in [1.165, 1.54) is 23.7 Å². The molecular formula is C22H28N4O3Se. The van der Waals surface area contributed by atoms with Crippen LogP contribution in [-0.2, 0) is 9.47 Å². The number of nitrogens with one attached hydrogen (secondary N) is 1. The Bertz CT molecular complexity index is 794. The number of carbonyl (C=O) groups is 1.